The molecule has 17 heteroatoms. The Morgan fingerprint density at radius 2 is 1.85 bits per heavy atom. The second-order valence-electron chi connectivity index (χ2n) is 17.4. The summed E-state index contributed by atoms with van der Waals surface area (Å²) in [5.74, 6) is -0.0746. The van der Waals surface area contributed by atoms with E-state index >= 15 is 0 Å². The molecule has 1 saturated heterocycles. The van der Waals surface area contributed by atoms with E-state index in [4.69, 9.17) is 50.0 Å². The number of carboxylic acid groups (broad SMARTS) is 1. The molecule has 1 amide bonds. The molecule has 2 fully saturated rings. The third-order valence-electron chi connectivity index (χ3n) is 13.6. The molecule has 4 aromatic carbocycles. The molecule has 0 bridgehead atoms. The second kappa shape index (κ2) is 15.4. The highest BCUT2D eigenvalue weighted by Gasteiger charge is 2.70. The Kier molecular flexibility index (Phi) is 9.81. The van der Waals surface area contributed by atoms with Crippen LogP contribution in [0.4, 0.5) is 5.82 Å². The number of phenols is 1. The summed E-state index contributed by atoms with van der Waals surface area (Å²) in [6, 6.07) is 23.4. The van der Waals surface area contributed by atoms with Crippen LogP contribution in [0.2, 0.25) is 5.02 Å². The number of carboxylic acids is 1. The highest BCUT2D eigenvalue weighted by molar-refractivity contribution is 7.99. The average Bonchev–Trinajstić information content (AvgIpc) is 3.54. The lowest BCUT2D eigenvalue weighted by molar-refractivity contribution is -0.587. The lowest BCUT2D eigenvalue weighted by Crippen LogP contribution is -2.47. The summed E-state index contributed by atoms with van der Waals surface area (Å²) in [7, 11) is 0. The molecule has 2 atom stereocenters. The number of aryl methyl sites for hydroxylation is 1. The molecule has 1 saturated carbocycles. The molecule has 3 aliphatic heterocycles. The predicted molar refractivity (Wildman–Crippen MR) is 255 cm³/mol. The van der Waals surface area contributed by atoms with Crippen molar-refractivity contribution in [1.29, 1.82) is 0 Å². The number of ether oxygens (including phenoxy) is 1. The molecular formula is C49H41ClN8O6S2. The van der Waals surface area contributed by atoms with Crippen molar-refractivity contribution in [2.45, 2.75) is 48.3 Å². The fourth-order valence-electron chi connectivity index (χ4n) is 10.1. The van der Waals surface area contributed by atoms with Gasteiger partial charge < -0.3 is 46.4 Å². The van der Waals surface area contributed by atoms with Gasteiger partial charge in [-0.15, -0.1) is 0 Å². The van der Waals surface area contributed by atoms with Crippen molar-refractivity contribution in [3.63, 3.8) is 0 Å². The Morgan fingerprint density at radius 3 is 2.61 bits per heavy atom. The van der Waals surface area contributed by atoms with Crippen molar-refractivity contribution in [3.05, 3.63) is 139 Å². The highest BCUT2D eigenvalue weighted by atomic mass is 35.5. The number of amides is 1. The number of nitrogens with zero attached hydrogens (tertiary/aromatic N) is 5. The highest BCUT2D eigenvalue weighted by Crippen LogP contribution is 2.55. The van der Waals surface area contributed by atoms with Crippen LogP contribution < -0.4 is 36.3 Å². The number of aromatic nitrogens is 4. The standard InChI is InChI=1S/C49H41ClN8O6S2/c1-3-35-43(50)42-44(53-35)54-48(55-45(42)57-21-33-34(22-57)49(33,52)47(51)62)66-28-8-6-25-17-26-20-56(13-12-36(26)58(63)37(25)19-28)40(65)16-24-5-10-29(32(15-24)46(60)61)41-30-9-4-23(2)14-38(30)64-39-18-27(59)7-11-31(39)41/h4-11,14-15,17-19,33-34,59H,2-3,12-13,16,20-22,52H2,1H3,(H2,51,62)(H,60,61)(H,53,54,55). The van der Waals surface area contributed by atoms with E-state index in [0.717, 1.165) is 42.4 Å². The SMILES string of the molecule is C=c1ccc2c(c1)Oc1cc(O)ccc1C=2c1ccc(CC(=S)N2CCc3c(cc4ccc(Sc5nc(N6CC7C(C6)C7(N)C(N)=O)c6c(Cl)c(CC)[nH]c6n5)cc4[n+]3[O-])C2)cc1C(=O)O. The maximum atomic E-state index is 14.1. The number of fused-ring (bicyclic) bond motifs is 6. The van der Waals surface area contributed by atoms with Crippen LogP contribution in [0.15, 0.2) is 88.9 Å². The lowest BCUT2D eigenvalue weighted by Gasteiger charge is -2.30. The van der Waals surface area contributed by atoms with E-state index in [0.29, 0.717) is 117 Å². The predicted octanol–water partition coefficient (Wildman–Crippen LogP) is 5.46. The van der Waals surface area contributed by atoms with Gasteiger partial charge in [0.2, 0.25) is 11.4 Å². The Bertz CT molecular complexity index is 3420. The number of phenolic OH excluding ortho intramolecular Hbond substituents is 1. The topological polar surface area (TPSA) is 211 Å². The Labute approximate surface area is 391 Å². The van der Waals surface area contributed by atoms with E-state index in [2.05, 4.69) is 21.4 Å². The number of nitrogens with two attached hydrogens (primary N) is 2. The third kappa shape index (κ3) is 6.72. The van der Waals surface area contributed by atoms with Crippen LogP contribution in [0.3, 0.4) is 0 Å². The van der Waals surface area contributed by atoms with Gasteiger partial charge in [-0.05, 0) is 77.0 Å². The molecule has 14 nitrogen and oxygen atoms in total. The number of benzene rings is 4. The van der Waals surface area contributed by atoms with Gasteiger partial charge in [0.1, 0.15) is 34.3 Å². The number of halogens is 1. The number of thiocarbonyl (C=S) groups is 1. The van der Waals surface area contributed by atoms with Crippen LogP contribution in [-0.2, 0) is 30.6 Å². The number of aromatic hydroxyl groups is 1. The van der Waals surface area contributed by atoms with Gasteiger partial charge in [0, 0.05) is 94.5 Å². The minimum absolute atomic E-state index is 0.0284. The minimum atomic E-state index is -1.09. The first-order chi connectivity index (χ1) is 31.7. The zero-order valence-corrected chi connectivity index (χ0v) is 37.8. The molecule has 66 heavy (non-hydrogen) atoms. The monoisotopic (exact) mass is 936 g/mol. The van der Waals surface area contributed by atoms with Gasteiger partial charge in [0.05, 0.1) is 27.4 Å². The summed E-state index contributed by atoms with van der Waals surface area (Å²) in [5, 5.41) is 38.8. The molecule has 0 spiro atoms. The van der Waals surface area contributed by atoms with Gasteiger partial charge >= 0.3 is 5.97 Å². The molecular weight excluding hydrogens is 896 g/mol. The van der Waals surface area contributed by atoms with Crippen LogP contribution >= 0.6 is 35.6 Å². The second-order valence-corrected chi connectivity index (χ2v) is 19.3. The summed E-state index contributed by atoms with van der Waals surface area (Å²) in [6.45, 7) is 8.02. The van der Waals surface area contributed by atoms with Gasteiger partial charge in [0.15, 0.2) is 10.9 Å². The Balaban J connectivity index is 0.839. The van der Waals surface area contributed by atoms with Gasteiger partial charge in [-0.3, -0.25) is 4.79 Å². The van der Waals surface area contributed by atoms with E-state index in [1.165, 1.54) is 17.8 Å². The number of aromatic amines is 1. The number of pyridine rings is 1. The zero-order valence-electron chi connectivity index (χ0n) is 35.4. The number of hydrogen-bond donors (Lipinski definition) is 5. The van der Waals surface area contributed by atoms with Crippen LogP contribution in [0.5, 0.6) is 17.2 Å². The fourth-order valence-corrected chi connectivity index (χ4v) is 11.5. The van der Waals surface area contributed by atoms with Crippen LogP contribution in [0.1, 0.15) is 50.9 Å². The molecule has 11 rings (SSSR count). The summed E-state index contributed by atoms with van der Waals surface area (Å²) in [4.78, 5) is 43.8. The van der Waals surface area contributed by atoms with E-state index in [1.807, 2.05) is 49.4 Å². The molecule has 3 aromatic heterocycles. The van der Waals surface area contributed by atoms with E-state index in [9.17, 15) is 25.0 Å². The zero-order chi connectivity index (χ0) is 45.9. The molecule has 1 aliphatic carbocycles. The van der Waals surface area contributed by atoms with E-state index < -0.39 is 17.4 Å². The van der Waals surface area contributed by atoms with Gasteiger partial charge in [-0.1, -0.05) is 61.6 Å². The number of anilines is 1. The van der Waals surface area contributed by atoms with Crippen molar-refractivity contribution < 1.29 is 29.3 Å². The number of aromatic carboxylic acids is 1. The fraction of sp³-hybridized carbons (Fsp3) is 0.224. The van der Waals surface area contributed by atoms with Crippen molar-refractivity contribution >= 4 is 92.4 Å². The van der Waals surface area contributed by atoms with Gasteiger partial charge in [0.25, 0.3) is 0 Å². The Hall–Kier alpha value is -6.72. The summed E-state index contributed by atoms with van der Waals surface area (Å²) < 4.78 is 7.14. The van der Waals surface area contributed by atoms with Crippen LogP contribution in [-0.4, -0.2) is 72.1 Å². The van der Waals surface area contributed by atoms with Crippen LogP contribution in [0.25, 0.3) is 34.1 Å². The molecule has 7 N–H and O–H groups in total. The molecule has 332 valence electrons. The molecule has 2 unspecified atom stereocenters. The number of H-pyrrole nitrogens is 1. The quantitative estimate of drug-likeness (QED) is 0.0528. The first-order valence-electron chi connectivity index (χ1n) is 21.5. The summed E-state index contributed by atoms with van der Waals surface area (Å²) in [5.41, 5.74) is 17.2. The van der Waals surface area contributed by atoms with Gasteiger partial charge in [-0.25, -0.2) is 14.8 Å². The number of rotatable bonds is 9. The van der Waals surface area contributed by atoms with Crippen LogP contribution in [0, 0.1) is 17.0 Å². The maximum absolute atomic E-state index is 14.1. The third-order valence-corrected chi connectivity index (χ3v) is 15.2. The number of carbonyl (C=O) groups excluding carboxylic acids is 1. The number of hydrogen-bond acceptors (Lipinski definition) is 11. The molecule has 6 heterocycles. The average molecular weight is 938 g/mol. The molecule has 4 aliphatic rings. The van der Waals surface area contributed by atoms with E-state index in [-0.39, 0.29) is 23.1 Å². The van der Waals surface area contributed by atoms with Crippen molar-refractivity contribution in [2.24, 2.45) is 23.3 Å². The van der Waals surface area contributed by atoms with E-state index in [1.54, 1.807) is 30.3 Å². The number of carbonyl (C=O) groups is 2. The first-order valence-corrected chi connectivity index (χ1v) is 23.1. The largest absolute Gasteiger partial charge is 0.618 e. The maximum Gasteiger partial charge on any atom is 0.336 e. The number of primary amides is 1. The van der Waals surface area contributed by atoms with Crippen molar-refractivity contribution in [1.82, 2.24) is 19.9 Å². The minimum Gasteiger partial charge on any atom is -0.618 e. The van der Waals surface area contributed by atoms with Gasteiger partial charge in [-0.2, -0.15) is 4.73 Å². The number of nitrogens with one attached hydrogen (secondary N) is 1. The number of piperidine rings is 1. The first kappa shape index (κ1) is 41.9. The van der Waals surface area contributed by atoms with Crippen molar-refractivity contribution in [3.8, 4) is 17.2 Å². The Morgan fingerprint density at radius 1 is 1.06 bits per heavy atom. The molecule has 7 aromatic rings. The summed E-state index contributed by atoms with van der Waals surface area (Å²) in [6.07, 6.45) is 1.46. The smallest absolute Gasteiger partial charge is 0.336 e. The summed E-state index contributed by atoms with van der Waals surface area (Å²) >= 11 is 14.2. The lowest BCUT2D eigenvalue weighted by atomic mass is 9.88. The molecule has 0 radical (unpaired) electrons. The normalized spacial score (nSPS) is 19.3. The van der Waals surface area contributed by atoms with Crippen molar-refractivity contribution in [2.75, 3.05) is 24.5 Å².